The lowest BCUT2D eigenvalue weighted by atomic mass is 10.0. The molecule has 0 amide bonds. The maximum absolute atomic E-state index is 11.8. The number of carbonyl (C=O) groups is 1. The van der Waals surface area contributed by atoms with Crippen molar-refractivity contribution in [2.45, 2.75) is 0 Å². The molecule has 0 unspecified atom stereocenters. The van der Waals surface area contributed by atoms with E-state index in [0.29, 0.717) is 41.3 Å². The Morgan fingerprint density at radius 2 is 1.80 bits per heavy atom. The summed E-state index contributed by atoms with van der Waals surface area (Å²) in [5.41, 5.74) is 2.11. The van der Waals surface area contributed by atoms with Crippen molar-refractivity contribution in [3.63, 3.8) is 0 Å². The summed E-state index contributed by atoms with van der Waals surface area (Å²) < 4.78 is 12.6. The van der Waals surface area contributed by atoms with Crippen LogP contribution in [0.1, 0.15) is 10.4 Å². The molecule has 0 bridgehead atoms. The molecule has 5 nitrogen and oxygen atoms in total. The zero-order valence-electron chi connectivity index (χ0n) is 12.8. The first kappa shape index (κ1) is 16.4. The van der Waals surface area contributed by atoms with E-state index in [4.69, 9.17) is 9.47 Å². The number of ether oxygens (including phenoxy) is 2. The normalized spacial score (nSPS) is 13.0. The summed E-state index contributed by atoms with van der Waals surface area (Å²) in [6, 6.07) is 10.7. The Morgan fingerprint density at radius 3 is 2.56 bits per heavy atom. The Labute approximate surface area is 159 Å². The van der Waals surface area contributed by atoms with Gasteiger partial charge in [0.25, 0.3) is 0 Å². The number of aromatic nitrogens is 1. The monoisotopic (exact) mass is 463 g/mol. The third-order valence-electron chi connectivity index (χ3n) is 3.90. The third kappa shape index (κ3) is 2.98. The van der Waals surface area contributed by atoms with Gasteiger partial charge in [-0.2, -0.15) is 0 Å². The second-order valence-corrected chi connectivity index (χ2v) is 7.27. The molecule has 3 aromatic rings. The van der Waals surface area contributed by atoms with Crippen molar-refractivity contribution < 1.29 is 19.4 Å². The SMILES string of the molecule is O=C(O)c1cc(-c2ccc3c(c2)OCCO3)nc2c(Br)cc(Br)cc12. The Hall–Kier alpha value is -2.12. The van der Waals surface area contributed by atoms with Gasteiger partial charge in [-0.05, 0) is 52.3 Å². The van der Waals surface area contributed by atoms with Gasteiger partial charge in [0.2, 0.25) is 0 Å². The lowest BCUT2D eigenvalue weighted by molar-refractivity contribution is 0.0699. The van der Waals surface area contributed by atoms with Gasteiger partial charge >= 0.3 is 5.97 Å². The van der Waals surface area contributed by atoms with Crippen LogP contribution in [-0.2, 0) is 0 Å². The van der Waals surface area contributed by atoms with Gasteiger partial charge in [-0.15, -0.1) is 0 Å². The molecular weight excluding hydrogens is 454 g/mol. The topological polar surface area (TPSA) is 68.7 Å². The van der Waals surface area contributed by atoms with Crippen LogP contribution in [0.15, 0.2) is 45.3 Å². The van der Waals surface area contributed by atoms with Crippen molar-refractivity contribution in [2.24, 2.45) is 0 Å². The van der Waals surface area contributed by atoms with Crippen LogP contribution in [0.5, 0.6) is 11.5 Å². The van der Waals surface area contributed by atoms with Crippen LogP contribution in [-0.4, -0.2) is 29.3 Å². The lowest BCUT2D eigenvalue weighted by Crippen LogP contribution is -2.15. The van der Waals surface area contributed by atoms with Gasteiger partial charge < -0.3 is 14.6 Å². The standard InChI is InChI=1S/C18H11Br2NO4/c19-10-6-11-12(18(22)23)8-14(21-17(11)13(20)7-10)9-1-2-15-16(5-9)25-4-3-24-15/h1-2,5-8H,3-4H2,(H,22,23). The number of hydrogen-bond donors (Lipinski definition) is 1. The maximum atomic E-state index is 11.8. The number of carboxylic acid groups (broad SMARTS) is 1. The molecule has 0 atom stereocenters. The quantitative estimate of drug-likeness (QED) is 0.584. The van der Waals surface area contributed by atoms with E-state index in [2.05, 4.69) is 36.8 Å². The first-order valence-electron chi connectivity index (χ1n) is 7.46. The van der Waals surface area contributed by atoms with Crippen molar-refractivity contribution >= 4 is 48.7 Å². The molecule has 2 heterocycles. The Morgan fingerprint density at radius 1 is 1.04 bits per heavy atom. The first-order valence-corrected chi connectivity index (χ1v) is 9.04. The molecule has 0 aliphatic carbocycles. The van der Waals surface area contributed by atoms with Crippen molar-refractivity contribution in [1.82, 2.24) is 4.98 Å². The molecule has 0 saturated carbocycles. The molecule has 0 radical (unpaired) electrons. The molecule has 1 N–H and O–H groups in total. The Balaban J connectivity index is 1.95. The van der Waals surface area contributed by atoms with E-state index in [-0.39, 0.29) is 5.56 Å². The highest BCUT2D eigenvalue weighted by molar-refractivity contribution is 9.11. The summed E-state index contributed by atoms with van der Waals surface area (Å²) in [7, 11) is 0. The number of carboxylic acids is 1. The van der Waals surface area contributed by atoms with Crippen LogP contribution in [0.4, 0.5) is 0 Å². The smallest absolute Gasteiger partial charge is 0.336 e. The fraction of sp³-hybridized carbons (Fsp3) is 0.111. The van der Waals surface area contributed by atoms with Gasteiger partial charge in [0, 0.05) is 19.9 Å². The molecular formula is C18H11Br2NO4. The van der Waals surface area contributed by atoms with Crippen molar-refractivity contribution in [1.29, 1.82) is 0 Å². The fourth-order valence-corrected chi connectivity index (χ4v) is 4.09. The molecule has 1 aromatic heterocycles. The number of halogens is 2. The van der Waals surface area contributed by atoms with Crippen molar-refractivity contribution in [3.8, 4) is 22.8 Å². The summed E-state index contributed by atoms with van der Waals surface area (Å²) in [5.74, 6) is 0.313. The highest BCUT2D eigenvalue weighted by atomic mass is 79.9. The number of hydrogen-bond acceptors (Lipinski definition) is 4. The van der Waals surface area contributed by atoms with E-state index >= 15 is 0 Å². The molecule has 126 valence electrons. The van der Waals surface area contributed by atoms with Crippen LogP contribution in [0.2, 0.25) is 0 Å². The van der Waals surface area contributed by atoms with Gasteiger partial charge in [-0.3, -0.25) is 0 Å². The van der Waals surface area contributed by atoms with E-state index in [1.807, 2.05) is 24.3 Å². The van der Waals surface area contributed by atoms with Gasteiger partial charge in [-0.1, -0.05) is 15.9 Å². The van der Waals surface area contributed by atoms with Gasteiger partial charge in [0.05, 0.1) is 16.8 Å². The van der Waals surface area contributed by atoms with E-state index in [1.54, 1.807) is 12.1 Å². The second-order valence-electron chi connectivity index (χ2n) is 5.50. The van der Waals surface area contributed by atoms with Crippen LogP contribution in [0, 0.1) is 0 Å². The molecule has 2 aromatic carbocycles. The average Bonchev–Trinajstić information content (AvgIpc) is 2.60. The molecule has 0 spiro atoms. The zero-order chi connectivity index (χ0) is 17.6. The van der Waals surface area contributed by atoms with Gasteiger partial charge in [-0.25, -0.2) is 9.78 Å². The van der Waals surface area contributed by atoms with Crippen LogP contribution < -0.4 is 9.47 Å². The minimum Gasteiger partial charge on any atom is -0.486 e. The summed E-state index contributed by atoms with van der Waals surface area (Å²) in [5, 5.41) is 10.2. The van der Waals surface area contributed by atoms with E-state index in [0.717, 1.165) is 14.5 Å². The molecule has 4 rings (SSSR count). The Bertz CT molecular complexity index is 1020. The summed E-state index contributed by atoms with van der Waals surface area (Å²) in [4.78, 5) is 16.4. The third-order valence-corrected chi connectivity index (χ3v) is 4.96. The van der Waals surface area contributed by atoms with Gasteiger partial charge in [0.15, 0.2) is 11.5 Å². The Kier molecular flexibility index (Phi) is 4.13. The second kappa shape index (κ2) is 6.31. The highest BCUT2D eigenvalue weighted by Gasteiger charge is 2.18. The van der Waals surface area contributed by atoms with Crippen molar-refractivity contribution in [3.05, 3.63) is 50.9 Å². The summed E-state index contributed by atoms with van der Waals surface area (Å²) >= 11 is 6.86. The number of nitrogens with zero attached hydrogens (tertiary/aromatic N) is 1. The molecule has 25 heavy (non-hydrogen) atoms. The van der Waals surface area contributed by atoms with Gasteiger partial charge in [0.1, 0.15) is 13.2 Å². The van der Waals surface area contributed by atoms with E-state index in [1.165, 1.54) is 0 Å². The number of benzene rings is 2. The number of rotatable bonds is 2. The van der Waals surface area contributed by atoms with Crippen LogP contribution in [0.3, 0.4) is 0 Å². The van der Waals surface area contributed by atoms with Crippen LogP contribution >= 0.6 is 31.9 Å². The minimum absolute atomic E-state index is 0.192. The molecule has 0 fully saturated rings. The van der Waals surface area contributed by atoms with E-state index in [9.17, 15) is 9.90 Å². The number of pyridine rings is 1. The largest absolute Gasteiger partial charge is 0.486 e. The maximum Gasteiger partial charge on any atom is 0.336 e. The predicted octanol–water partition coefficient (Wildman–Crippen LogP) is 4.90. The molecule has 1 aliphatic rings. The number of fused-ring (bicyclic) bond motifs is 2. The molecule has 0 saturated heterocycles. The minimum atomic E-state index is -1.00. The summed E-state index contributed by atoms with van der Waals surface area (Å²) in [6.45, 7) is 1.01. The van der Waals surface area contributed by atoms with Crippen LogP contribution in [0.25, 0.3) is 22.2 Å². The highest BCUT2D eigenvalue weighted by Crippen LogP contribution is 2.36. The summed E-state index contributed by atoms with van der Waals surface area (Å²) in [6.07, 6.45) is 0. The fourth-order valence-electron chi connectivity index (χ4n) is 2.78. The predicted molar refractivity (Wildman–Crippen MR) is 101 cm³/mol. The first-order chi connectivity index (χ1) is 12.0. The van der Waals surface area contributed by atoms with Crippen molar-refractivity contribution in [2.75, 3.05) is 13.2 Å². The molecule has 1 aliphatic heterocycles. The lowest BCUT2D eigenvalue weighted by Gasteiger charge is -2.19. The molecule has 7 heteroatoms. The van der Waals surface area contributed by atoms with E-state index < -0.39 is 5.97 Å². The number of aromatic carboxylic acids is 1. The average molecular weight is 465 g/mol. The zero-order valence-corrected chi connectivity index (χ0v) is 15.9.